The van der Waals surface area contributed by atoms with Gasteiger partial charge in [0.1, 0.15) is 0 Å². The molecule has 1 fully saturated rings. The predicted molar refractivity (Wildman–Crippen MR) is 63.9 cm³/mol. The van der Waals surface area contributed by atoms with Gasteiger partial charge in [-0.15, -0.1) is 11.6 Å². The minimum atomic E-state index is 0.413. The zero-order chi connectivity index (χ0) is 10.6. The van der Waals surface area contributed by atoms with Gasteiger partial charge in [-0.3, -0.25) is 0 Å². The molecule has 2 atom stereocenters. The van der Waals surface area contributed by atoms with Crippen LogP contribution in [-0.4, -0.2) is 29.9 Å². The molecular formula is C12H24ClN. The van der Waals surface area contributed by atoms with Crippen LogP contribution < -0.4 is 0 Å². The van der Waals surface area contributed by atoms with Crippen molar-refractivity contribution in [3.05, 3.63) is 0 Å². The lowest BCUT2D eigenvalue weighted by Gasteiger charge is -2.34. The standard InChI is InChI=1S/C12H24ClN/c1-10(2)5-4-7-14-8-6-12(13)11(3)9-14/h10-12H,4-9H2,1-3H3. The van der Waals surface area contributed by atoms with E-state index in [2.05, 4.69) is 25.7 Å². The van der Waals surface area contributed by atoms with Crippen molar-refractivity contribution in [2.75, 3.05) is 19.6 Å². The van der Waals surface area contributed by atoms with E-state index in [0.29, 0.717) is 11.3 Å². The van der Waals surface area contributed by atoms with Crippen molar-refractivity contribution in [2.24, 2.45) is 11.8 Å². The molecule has 0 spiro atoms. The van der Waals surface area contributed by atoms with Gasteiger partial charge in [-0.25, -0.2) is 0 Å². The van der Waals surface area contributed by atoms with Crippen molar-refractivity contribution < 1.29 is 0 Å². The van der Waals surface area contributed by atoms with E-state index in [1.807, 2.05) is 0 Å². The highest BCUT2D eigenvalue weighted by Gasteiger charge is 2.23. The molecule has 0 saturated carbocycles. The molecule has 84 valence electrons. The van der Waals surface area contributed by atoms with E-state index in [0.717, 1.165) is 5.92 Å². The molecule has 1 saturated heterocycles. The number of halogens is 1. The van der Waals surface area contributed by atoms with Gasteiger partial charge in [-0.1, -0.05) is 20.8 Å². The van der Waals surface area contributed by atoms with Gasteiger partial charge >= 0.3 is 0 Å². The summed E-state index contributed by atoms with van der Waals surface area (Å²) in [6, 6.07) is 0. The molecule has 0 amide bonds. The second-order valence-corrected chi connectivity index (χ2v) is 5.68. The predicted octanol–water partition coefficient (Wildman–Crippen LogP) is 3.37. The maximum atomic E-state index is 6.19. The lowest BCUT2D eigenvalue weighted by molar-refractivity contribution is 0.182. The van der Waals surface area contributed by atoms with Crippen LogP contribution in [0.25, 0.3) is 0 Å². The van der Waals surface area contributed by atoms with Crippen LogP contribution in [-0.2, 0) is 0 Å². The number of likely N-dealkylation sites (tertiary alicyclic amines) is 1. The van der Waals surface area contributed by atoms with Gasteiger partial charge in [0.05, 0.1) is 0 Å². The molecule has 0 radical (unpaired) electrons. The molecule has 2 heteroatoms. The SMILES string of the molecule is CC(C)CCCN1CCC(Cl)C(C)C1. The van der Waals surface area contributed by atoms with Crippen LogP contribution in [0.1, 0.15) is 40.0 Å². The molecule has 0 aromatic rings. The molecule has 0 N–H and O–H groups in total. The quantitative estimate of drug-likeness (QED) is 0.653. The summed E-state index contributed by atoms with van der Waals surface area (Å²) in [7, 11) is 0. The lowest BCUT2D eigenvalue weighted by Crippen LogP contribution is -2.40. The summed E-state index contributed by atoms with van der Waals surface area (Å²) >= 11 is 6.19. The summed E-state index contributed by atoms with van der Waals surface area (Å²) in [5, 5.41) is 0.413. The summed E-state index contributed by atoms with van der Waals surface area (Å²) in [6.45, 7) is 10.5. The van der Waals surface area contributed by atoms with Gasteiger partial charge in [0.25, 0.3) is 0 Å². The first-order valence-corrected chi connectivity index (χ1v) is 6.39. The van der Waals surface area contributed by atoms with E-state index in [-0.39, 0.29) is 0 Å². The Kier molecular flexibility index (Phi) is 5.25. The average molecular weight is 218 g/mol. The van der Waals surface area contributed by atoms with Crippen molar-refractivity contribution >= 4 is 11.6 Å². The smallest absolute Gasteiger partial charge is 0.0386 e. The Morgan fingerprint density at radius 1 is 1.43 bits per heavy atom. The Labute approximate surface area is 93.8 Å². The lowest BCUT2D eigenvalue weighted by atomic mass is 9.99. The third kappa shape index (κ3) is 4.18. The number of hydrogen-bond acceptors (Lipinski definition) is 1. The molecular weight excluding hydrogens is 194 g/mol. The second-order valence-electron chi connectivity index (χ2n) is 5.12. The molecule has 1 rings (SSSR count). The third-order valence-electron chi connectivity index (χ3n) is 3.14. The summed E-state index contributed by atoms with van der Waals surface area (Å²) in [6.07, 6.45) is 3.87. The maximum absolute atomic E-state index is 6.19. The largest absolute Gasteiger partial charge is 0.303 e. The molecule has 1 nitrogen and oxygen atoms in total. The van der Waals surface area contributed by atoms with Gasteiger partial charge in [-0.2, -0.15) is 0 Å². The highest BCUT2D eigenvalue weighted by Crippen LogP contribution is 2.22. The first-order chi connectivity index (χ1) is 6.59. The van der Waals surface area contributed by atoms with Crippen LogP contribution in [0.4, 0.5) is 0 Å². The van der Waals surface area contributed by atoms with E-state index in [9.17, 15) is 0 Å². The highest BCUT2D eigenvalue weighted by atomic mass is 35.5. The van der Waals surface area contributed by atoms with Crippen molar-refractivity contribution in [2.45, 2.75) is 45.4 Å². The van der Waals surface area contributed by atoms with Crippen LogP contribution in [0.2, 0.25) is 0 Å². The maximum Gasteiger partial charge on any atom is 0.0386 e. The topological polar surface area (TPSA) is 3.24 Å². The molecule has 1 aliphatic heterocycles. The van der Waals surface area contributed by atoms with E-state index in [1.165, 1.54) is 38.9 Å². The van der Waals surface area contributed by atoms with E-state index >= 15 is 0 Å². The molecule has 0 aromatic heterocycles. The van der Waals surface area contributed by atoms with Crippen molar-refractivity contribution in [3.63, 3.8) is 0 Å². The van der Waals surface area contributed by atoms with Gasteiger partial charge in [0, 0.05) is 11.9 Å². The number of alkyl halides is 1. The van der Waals surface area contributed by atoms with Gasteiger partial charge < -0.3 is 4.90 Å². The second kappa shape index (κ2) is 5.97. The van der Waals surface area contributed by atoms with E-state index in [4.69, 9.17) is 11.6 Å². The summed E-state index contributed by atoms with van der Waals surface area (Å²) in [5.74, 6) is 1.52. The zero-order valence-electron chi connectivity index (χ0n) is 9.80. The molecule has 2 unspecified atom stereocenters. The number of piperidine rings is 1. The molecule has 1 heterocycles. The third-order valence-corrected chi connectivity index (χ3v) is 3.79. The first-order valence-electron chi connectivity index (χ1n) is 5.96. The zero-order valence-corrected chi connectivity index (χ0v) is 10.6. The van der Waals surface area contributed by atoms with Crippen LogP contribution >= 0.6 is 11.6 Å². The van der Waals surface area contributed by atoms with Gasteiger partial charge in [0.2, 0.25) is 0 Å². The average Bonchev–Trinajstić information content (AvgIpc) is 2.10. The monoisotopic (exact) mass is 217 g/mol. The first kappa shape index (κ1) is 12.3. The summed E-state index contributed by atoms with van der Waals surface area (Å²) < 4.78 is 0. The van der Waals surface area contributed by atoms with Crippen LogP contribution in [0.5, 0.6) is 0 Å². The summed E-state index contributed by atoms with van der Waals surface area (Å²) in [5.41, 5.74) is 0. The fourth-order valence-corrected chi connectivity index (χ4v) is 2.31. The van der Waals surface area contributed by atoms with E-state index < -0.39 is 0 Å². The van der Waals surface area contributed by atoms with Crippen molar-refractivity contribution in [1.82, 2.24) is 4.90 Å². The highest BCUT2D eigenvalue weighted by molar-refractivity contribution is 6.20. The Morgan fingerprint density at radius 2 is 2.14 bits per heavy atom. The molecule has 1 aliphatic rings. The van der Waals surface area contributed by atoms with E-state index in [1.54, 1.807) is 0 Å². The van der Waals surface area contributed by atoms with Crippen LogP contribution in [0.3, 0.4) is 0 Å². The normalized spacial score (nSPS) is 29.8. The molecule has 0 aromatic carbocycles. The number of nitrogens with zero attached hydrogens (tertiary/aromatic N) is 1. The van der Waals surface area contributed by atoms with Crippen molar-refractivity contribution in [3.8, 4) is 0 Å². The fraction of sp³-hybridized carbons (Fsp3) is 1.00. The fourth-order valence-electron chi connectivity index (χ4n) is 2.13. The van der Waals surface area contributed by atoms with Gasteiger partial charge in [0.15, 0.2) is 0 Å². The Morgan fingerprint density at radius 3 is 2.71 bits per heavy atom. The van der Waals surface area contributed by atoms with Crippen LogP contribution in [0, 0.1) is 11.8 Å². The molecule has 14 heavy (non-hydrogen) atoms. The Balaban J connectivity index is 2.13. The Bertz CT molecular complexity index is 158. The van der Waals surface area contributed by atoms with Crippen molar-refractivity contribution in [1.29, 1.82) is 0 Å². The molecule has 0 aliphatic carbocycles. The number of rotatable bonds is 4. The Hall–Kier alpha value is 0.250. The molecule has 0 bridgehead atoms. The van der Waals surface area contributed by atoms with Crippen LogP contribution in [0.15, 0.2) is 0 Å². The summed E-state index contributed by atoms with van der Waals surface area (Å²) in [4.78, 5) is 2.58. The number of hydrogen-bond donors (Lipinski definition) is 0. The van der Waals surface area contributed by atoms with Gasteiger partial charge in [-0.05, 0) is 44.2 Å². The minimum absolute atomic E-state index is 0.413. The minimum Gasteiger partial charge on any atom is -0.303 e.